The van der Waals surface area contributed by atoms with Crippen LogP contribution < -0.4 is 5.73 Å². The minimum absolute atomic E-state index is 0.00369. The van der Waals surface area contributed by atoms with Gasteiger partial charge in [-0.25, -0.2) is 0 Å². The van der Waals surface area contributed by atoms with Crippen molar-refractivity contribution in [2.24, 2.45) is 11.7 Å². The quantitative estimate of drug-likeness (QED) is 0.861. The van der Waals surface area contributed by atoms with Crippen molar-refractivity contribution < 1.29 is 13.2 Å². The van der Waals surface area contributed by atoms with E-state index in [1.165, 1.54) is 12.1 Å². The lowest BCUT2D eigenvalue weighted by Gasteiger charge is -2.23. The molecule has 0 spiro atoms. The SMILES string of the molecule is CCC(C)[C@@H](N)c1c(Cl)cccc1C(F)(F)F. The first-order valence-electron chi connectivity index (χ1n) is 5.40. The van der Waals surface area contributed by atoms with Crippen molar-refractivity contribution in [2.75, 3.05) is 0 Å². The van der Waals surface area contributed by atoms with Crippen LogP contribution in [0.3, 0.4) is 0 Å². The third-order valence-corrected chi connectivity index (χ3v) is 3.28. The van der Waals surface area contributed by atoms with Gasteiger partial charge in [-0.2, -0.15) is 13.2 Å². The van der Waals surface area contributed by atoms with E-state index in [2.05, 4.69) is 0 Å². The number of benzene rings is 1. The molecule has 0 aliphatic heterocycles. The minimum Gasteiger partial charge on any atom is -0.324 e. The summed E-state index contributed by atoms with van der Waals surface area (Å²) in [5.41, 5.74) is 5.12. The molecule has 1 nitrogen and oxygen atoms in total. The van der Waals surface area contributed by atoms with E-state index in [0.29, 0.717) is 6.42 Å². The summed E-state index contributed by atoms with van der Waals surface area (Å²) < 4.78 is 38.5. The lowest BCUT2D eigenvalue weighted by molar-refractivity contribution is -0.138. The summed E-state index contributed by atoms with van der Waals surface area (Å²) in [6.07, 6.45) is -3.73. The second kappa shape index (κ2) is 5.27. The molecule has 0 radical (unpaired) electrons. The molecule has 5 heteroatoms. The van der Waals surface area contributed by atoms with Gasteiger partial charge in [-0.1, -0.05) is 37.9 Å². The Balaban J connectivity index is 3.30. The number of hydrogen-bond acceptors (Lipinski definition) is 1. The Labute approximate surface area is 104 Å². The average Bonchev–Trinajstić information content (AvgIpc) is 2.25. The molecule has 0 bridgehead atoms. The van der Waals surface area contributed by atoms with Crippen molar-refractivity contribution in [3.8, 4) is 0 Å². The number of hydrogen-bond donors (Lipinski definition) is 1. The van der Waals surface area contributed by atoms with Crippen LogP contribution in [0, 0.1) is 5.92 Å². The maximum Gasteiger partial charge on any atom is 0.416 e. The van der Waals surface area contributed by atoms with Gasteiger partial charge in [0.15, 0.2) is 0 Å². The minimum atomic E-state index is -4.43. The van der Waals surface area contributed by atoms with Gasteiger partial charge in [0.05, 0.1) is 5.56 Å². The zero-order chi connectivity index (χ0) is 13.2. The molecule has 0 amide bonds. The van der Waals surface area contributed by atoms with Crippen molar-refractivity contribution in [3.05, 3.63) is 34.3 Å². The summed E-state index contributed by atoms with van der Waals surface area (Å²) in [4.78, 5) is 0. The van der Waals surface area contributed by atoms with Crippen LogP contribution in [0.1, 0.15) is 37.4 Å². The summed E-state index contributed by atoms with van der Waals surface area (Å²) in [6.45, 7) is 3.70. The molecule has 0 saturated carbocycles. The van der Waals surface area contributed by atoms with Crippen LogP contribution in [-0.4, -0.2) is 0 Å². The largest absolute Gasteiger partial charge is 0.416 e. The third-order valence-electron chi connectivity index (χ3n) is 2.95. The fourth-order valence-corrected chi connectivity index (χ4v) is 1.96. The summed E-state index contributed by atoms with van der Waals surface area (Å²) in [7, 11) is 0. The van der Waals surface area contributed by atoms with E-state index in [4.69, 9.17) is 17.3 Å². The molecule has 0 aliphatic carbocycles. The Bertz CT molecular complexity index is 390. The molecule has 0 aromatic heterocycles. The lowest BCUT2D eigenvalue weighted by Crippen LogP contribution is -2.23. The standard InChI is InChI=1S/C12H15ClF3N/c1-3-7(2)11(17)10-8(12(14,15)16)5-4-6-9(10)13/h4-7,11H,3,17H2,1-2H3/t7?,11-/m1/s1. The van der Waals surface area contributed by atoms with Gasteiger partial charge >= 0.3 is 6.18 Å². The van der Waals surface area contributed by atoms with Gasteiger partial charge in [0.1, 0.15) is 0 Å². The molecular formula is C12H15ClF3N. The van der Waals surface area contributed by atoms with Crippen molar-refractivity contribution in [3.63, 3.8) is 0 Å². The predicted molar refractivity (Wildman–Crippen MR) is 62.8 cm³/mol. The maximum atomic E-state index is 12.8. The van der Waals surface area contributed by atoms with Crippen LogP contribution in [-0.2, 0) is 6.18 Å². The Morgan fingerprint density at radius 1 is 1.35 bits per heavy atom. The van der Waals surface area contributed by atoms with Gasteiger partial charge < -0.3 is 5.73 Å². The summed E-state index contributed by atoms with van der Waals surface area (Å²) in [5, 5.41) is 0.0765. The topological polar surface area (TPSA) is 26.0 Å². The number of halogens is 4. The second-order valence-electron chi connectivity index (χ2n) is 4.11. The molecule has 1 aromatic carbocycles. The van der Waals surface area contributed by atoms with E-state index >= 15 is 0 Å². The van der Waals surface area contributed by atoms with Gasteiger partial charge in [0, 0.05) is 11.1 Å². The monoisotopic (exact) mass is 265 g/mol. The summed E-state index contributed by atoms with van der Waals surface area (Å²) >= 11 is 5.85. The van der Waals surface area contributed by atoms with Gasteiger partial charge in [-0.05, 0) is 23.6 Å². The van der Waals surface area contributed by atoms with Crippen molar-refractivity contribution in [2.45, 2.75) is 32.5 Å². The normalized spacial score (nSPS) is 15.7. The van der Waals surface area contributed by atoms with Crippen LogP contribution in [0.4, 0.5) is 13.2 Å². The van der Waals surface area contributed by atoms with Crippen molar-refractivity contribution in [1.82, 2.24) is 0 Å². The molecule has 1 unspecified atom stereocenters. The first-order chi connectivity index (χ1) is 7.79. The van der Waals surface area contributed by atoms with Gasteiger partial charge in [0.2, 0.25) is 0 Å². The zero-order valence-electron chi connectivity index (χ0n) is 9.68. The average molecular weight is 266 g/mol. The first kappa shape index (κ1) is 14.3. The highest BCUT2D eigenvalue weighted by Gasteiger charge is 2.36. The van der Waals surface area contributed by atoms with Crippen LogP contribution in [0.15, 0.2) is 18.2 Å². The Kier molecular flexibility index (Phi) is 4.44. The van der Waals surface area contributed by atoms with Crippen LogP contribution in [0.25, 0.3) is 0 Å². The number of rotatable bonds is 3. The Morgan fingerprint density at radius 2 is 1.94 bits per heavy atom. The molecule has 0 heterocycles. The molecular weight excluding hydrogens is 251 g/mol. The van der Waals surface area contributed by atoms with E-state index in [1.54, 1.807) is 0 Å². The first-order valence-corrected chi connectivity index (χ1v) is 5.78. The third kappa shape index (κ3) is 3.13. The highest BCUT2D eigenvalue weighted by molar-refractivity contribution is 6.31. The van der Waals surface area contributed by atoms with Crippen LogP contribution in [0.5, 0.6) is 0 Å². The van der Waals surface area contributed by atoms with E-state index in [-0.39, 0.29) is 16.5 Å². The molecule has 96 valence electrons. The zero-order valence-corrected chi connectivity index (χ0v) is 10.4. The molecule has 1 aromatic rings. The fourth-order valence-electron chi connectivity index (χ4n) is 1.66. The van der Waals surface area contributed by atoms with Crippen molar-refractivity contribution in [1.29, 1.82) is 0 Å². The van der Waals surface area contributed by atoms with E-state index < -0.39 is 17.8 Å². The van der Waals surface area contributed by atoms with E-state index in [0.717, 1.165) is 6.07 Å². The van der Waals surface area contributed by atoms with E-state index in [1.807, 2.05) is 13.8 Å². The van der Waals surface area contributed by atoms with Gasteiger partial charge in [0.25, 0.3) is 0 Å². The molecule has 0 aliphatic rings. The van der Waals surface area contributed by atoms with Gasteiger partial charge in [-0.15, -0.1) is 0 Å². The van der Waals surface area contributed by atoms with Crippen LogP contribution in [0.2, 0.25) is 5.02 Å². The highest BCUT2D eigenvalue weighted by Crippen LogP contribution is 2.39. The molecule has 0 saturated heterocycles. The summed E-state index contributed by atoms with van der Waals surface area (Å²) in [5.74, 6) is -0.0593. The second-order valence-corrected chi connectivity index (χ2v) is 4.52. The molecule has 17 heavy (non-hydrogen) atoms. The highest BCUT2D eigenvalue weighted by atomic mass is 35.5. The molecule has 2 N–H and O–H groups in total. The molecule has 2 atom stereocenters. The van der Waals surface area contributed by atoms with Gasteiger partial charge in [-0.3, -0.25) is 0 Å². The Morgan fingerprint density at radius 3 is 2.41 bits per heavy atom. The summed E-state index contributed by atoms with van der Waals surface area (Å²) in [6, 6.07) is 3.04. The Hall–Kier alpha value is -0.740. The fraction of sp³-hybridized carbons (Fsp3) is 0.500. The van der Waals surface area contributed by atoms with Crippen molar-refractivity contribution >= 4 is 11.6 Å². The molecule has 0 fully saturated rings. The van der Waals surface area contributed by atoms with E-state index in [9.17, 15) is 13.2 Å². The predicted octanol–water partition coefficient (Wildman–Crippen LogP) is 4.40. The molecule has 1 rings (SSSR count). The van der Waals surface area contributed by atoms with Crippen LogP contribution >= 0.6 is 11.6 Å². The lowest BCUT2D eigenvalue weighted by atomic mass is 9.90. The maximum absolute atomic E-state index is 12.8. The number of nitrogens with two attached hydrogens (primary N) is 1. The number of alkyl halides is 3. The smallest absolute Gasteiger partial charge is 0.324 e.